The molecular weight excluding hydrogens is 126 g/mol. The Morgan fingerprint density at radius 1 is 1.40 bits per heavy atom. The Balaban J connectivity index is 2.85. The first kappa shape index (κ1) is 7.25. The van der Waals surface area contributed by atoms with Crippen LogP contribution in [0.3, 0.4) is 0 Å². The van der Waals surface area contributed by atoms with Crippen molar-refractivity contribution in [1.29, 1.82) is 0 Å². The van der Waals surface area contributed by atoms with E-state index in [0.29, 0.717) is 11.9 Å². The SMILES string of the molecule is CC1=NC(N)=NC(C)[C@H]1C. The van der Waals surface area contributed by atoms with Gasteiger partial charge in [-0.3, -0.25) is 0 Å². The molecule has 1 aliphatic rings. The minimum Gasteiger partial charge on any atom is -0.368 e. The summed E-state index contributed by atoms with van der Waals surface area (Å²) >= 11 is 0. The molecule has 0 fully saturated rings. The summed E-state index contributed by atoms with van der Waals surface area (Å²) in [5, 5.41) is 0. The second kappa shape index (κ2) is 2.40. The number of guanidine groups is 1. The maximum absolute atomic E-state index is 5.44. The van der Waals surface area contributed by atoms with Crippen molar-refractivity contribution in [2.24, 2.45) is 21.6 Å². The third kappa shape index (κ3) is 1.17. The average Bonchev–Trinajstić information content (AvgIpc) is 1.82. The van der Waals surface area contributed by atoms with Crippen LogP contribution >= 0.6 is 0 Å². The average molecular weight is 139 g/mol. The summed E-state index contributed by atoms with van der Waals surface area (Å²) in [4.78, 5) is 8.18. The quantitative estimate of drug-likeness (QED) is 0.530. The molecule has 0 aromatic heterocycles. The molecule has 0 saturated carbocycles. The van der Waals surface area contributed by atoms with Crippen molar-refractivity contribution in [3.8, 4) is 0 Å². The Labute approximate surface area is 61.1 Å². The van der Waals surface area contributed by atoms with E-state index in [-0.39, 0.29) is 6.04 Å². The number of nitrogens with two attached hydrogens (primary N) is 1. The standard InChI is InChI=1S/C7H13N3/c1-4-5(2)9-7(8)10-6(4)3/h4-5H,1-3H3,(H2,8,9)/t4-,5?/m1/s1. The molecule has 0 spiro atoms. The van der Waals surface area contributed by atoms with E-state index in [1.807, 2.05) is 6.92 Å². The van der Waals surface area contributed by atoms with Gasteiger partial charge >= 0.3 is 0 Å². The van der Waals surface area contributed by atoms with Gasteiger partial charge in [-0.1, -0.05) is 6.92 Å². The fraction of sp³-hybridized carbons (Fsp3) is 0.714. The van der Waals surface area contributed by atoms with Crippen LogP contribution in [0, 0.1) is 5.92 Å². The maximum Gasteiger partial charge on any atom is 0.215 e. The fourth-order valence-electron chi connectivity index (χ4n) is 0.981. The van der Waals surface area contributed by atoms with Gasteiger partial charge in [0.25, 0.3) is 0 Å². The largest absolute Gasteiger partial charge is 0.368 e. The van der Waals surface area contributed by atoms with Crippen molar-refractivity contribution < 1.29 is 0 Å². The van der Waals surface area contributed by atoms with Crippen LogP contribution in [0.4, 0.5) is 0 Å². The Hall–Kier alpha value is -0.860. The molecular formula is C7H13N3. The van der Waals surface area contributed by atoms with Crippen molar-refractivity contribution in [3.05, 3.63) is 0 Å². The van der Waals surface area contributed by atoms with E-state index < -0.39 is 0 Å². The lowest BCUT2D eigenvalue weighted by Crippen LogP contribution is -2.29. The van der Waals surface area contributed by atoms with Gasteiger partial charge in [0.1, 0.15) is 0 Å². The van der Waals surface area contributed by atoms with Crippen molar-refractivity contribution in [1.82, 2.24) is 0 Å². The van der Waals surface area contributed by atoms with Crippen LogP contribution in [0.1, 0.15) is 20.8 Å². The topological polar surface area (TPSA) is 50.7 Å². The van der Waals surface area contributed by atoms with Crippen LogP contribution in [0.5, 0.6) is 0 Å². The Morgan fingerprint density at radius 2 is 2.00 bits per heavy atom. The van der Waals surface area contributed by atoms with E-state index in [2.05, 4.69) is 23.8 Å². The number of hydrogen-bond acceptors (Lipinski definition) is 3. The van der Waals surface area contributed by atoms with Crippen LogP contribution in [-0.4, -0.2) is 17.7 Å². The fourth-order valence-corrected chi connectivity index (χ4v) is 0.981. The number of rotatable bonds is 0. The van der Waals surface area contributed by atoms with Gasteiger partial charge in [-0.15, -0.1) is 0 Å². The first-order valence-electron chi connectivity index (χ1n) is 3.49. The molecule has 0 radical (unpaired) electrons. The van der Waals surface area contributed by atoms with Crippen LogP contribution in [-0.2, 0) is 0 Å². The predicted molar refractivity (Wildman–Crippen MR) is 43.4 cm³/mol. The molecule has 0 amide bonds. The molecule has 2 N–H and O–H groups in total. The van der Waals surface area contributed by atoms with Crippen LogP contribution in [0.25, 0.3) is 0 Å². The van der Waals surface area contributed by atoms with Gasteiger partial charge in [-0.2, -0.15) is 0 Å². The van der Waals surface area contributed by atoms with Gasteiger partial charge in [0.05, 0.1) is 6.04 Å². The van der Waals surface area contributed by atoms with E-state index in [1.54, 1.807) is 0 Å². The van der Waals surface area contributed by atoms with Gasteiger partial charge < -0.3 is 5.73 Å². The summed E-state index contributed by atoms with van der Waals surface area (Å²) in [5.41, 5.74) is 6.52. The molecule has 1 aliphatic heterocycles. The van der Waals surface area contributed by atoms with E-state index in [9.17, 15) is 0 Å². The van der Waals surface area contributed by atoms with E-state index >= 15 is 0 Å². The minimum atomic E-state index is 0.289. The Kier molecular flexibility index (Phi) is 1.74. The van der Waals surface area contributed by atoms with E-state index in [4.69, 9.17) is 5.73 Å². The predicted octanol–water partition coefficient (Wildman–Crippen LogP) is 0.800. The molecule has 3 nitrogen and oxygen atoms in total. The zero-order chi connectivity index (χ0) is 7.72. The molecule has 0 aliphatic carbocycles. The molecule has 3 heteroatoms. The van der Waals surface area contributed by atoms with Gasteiger partial charge in [-0.05, 0) is 13.8 Å². The highest BCUT2D eigenvalue weighted by Crippen LogP contribution is 2.12. The third-order valence-corrected chi connectivity index (χ3v) is 2.01. The Morgan fingerprint density at radius 3 is 2.50 bits per heavy atom. The first-order valence-corrected chi connectivity index (χ1v) is 3.49. The lowest BCUT2D eigenvalue weighted by atomic mass is 9.98. The molecule has 0 aromatic carbocycles. The minimum absolute atomic E-state index is 0.289. The normalized spacial score (nSPS) is 33.1. The van der Waals surface area contributed by atoms with Crippen molar-refractivity contribution >= 4 is 11.7 Å². The lowest BCUT2D eigenvalue weighted by Gasteiger charge is -2.19. The second-order valence-corrected chi connectivity index (χ2v) is 2.77. The van der Waals surface area contributed by atoms with Crippen LogP contribution in [0.2, 0.25) is 0 Å². The molecule has 0 aromatic rings. The summed E-state index contributed by atoms with van der Waals surface area (Å²) in [6, 6.07) is 0.289. The van der Waals surface area contributed by atoms with Gasteiger partial charge in [0.15, 0.2) is 0 Å². The molecule has 10 heavy (non-hydrogen) atoms. The zero-order valence-electron chi connectivity index (χ0n) is 6.63. The van der Waals surface area contributed by atoms with Crippen LogP contribution < -0.4 is 5.73 Å². The summed E-state index contributed by atoms with van der Waals surface area (Å²) in [6.45, 7) is 6.15. The zero-order valence-corrected chi connectivity index (χ0v) is 6.63. The van der Waals surface area contributed by atoms with Crippen LogP contribution in [0.15, 0.2) is 9.98 Å². The highest BCUT2D eigenvalue weighted by Gasteiger charge is 2.18. The molecule has 0 saturated heterocycles. The van der Waals surface area contributed by atoms with Crippen molar-refractivity contribution in [2.45, 2.75) is 26.8 Å². The number of nitrogens with zero attached hydrogens (tertiary/aromatic N) is 2. The highest BCUT2D eigenvalue weighted by molar-refractivity contribution is 5.98. The lowest BCUT2D eigenvalue weighted by molar-refractivity contribution is 0.603. The smallest absolute Gasteiger partial charge is 0.215 e. The van der Waals surface area contributed by atoms with Gasteiger partial charge in [-0.25, -0.2) is 9.98 Å². The monoisotopic (exact) mass is 139 g/mol. The molecule has 2 atom stereocenters. The maximum atomic E-state index is 5.44. The van der Waals surface area contributed by atoms with Crippen molar-refractivity contribution in [2.75, 3.05) is 0 Å². The van der Waals surface area contributed by atoms with E-state index in [0.717, 1.165) is 5.71 Å². The molecule has 1 unspecified atom stereocenters. The molecule has 1 heterocycles. The summed E-state index contributed by atoms with van der Waals surface area (Å²) in [5.74, 6) is 0.857. The second-order valence-electron chi connectivity index (χ2n) is 2.77. The van der Waals surface area contributed by atoms with Gasteiger partial charge in [0, 0.05) is 11.6 Å². The first-order chi connectivity index (χ1) is 4.61. The van der Waals surface area contributed by atoms with E-state index in [1.165, 1.54) is 0 Å². The molecule has 56 valence electrons. The highest BCUT2D eigenvalue weighted by atomic mass is 15.1. The summed E-state index contributed by atoms with van der Waals surface area (Å²) < 4.78 is 0. The van der Waals surface area contributed by atoms with Crippen molar-refractivity contribution in [3.63, 3.8) is 0 Å². The third-order valence-electron chi connectivity index (χ3n) is 2.01. The van der Waals surface area contributed by atoms with Gasteiger partial charge in [0.2, 0.25) is 5.96 Å². The summed E-state index contributed by atoms with van der Waals surface area (Å²) in [6.07, 6.45) is 0. The molecule has 1 rings (SSSR count). The Bertz CT molecular complexity index is 193. The number of aliphatic imine (C=N–C) groups is 2. The molecule has 0 bridgehead atoms. The summed E-state index contributed by atoms with van der Waals surface area (Å²) in [7, 11) is 0. The number of hydrogen-bond donors (Lipinski definition) is 1.